The molecule has 1 rings (SSSR count). The zero-order chi connectivity index (χ0) is 13.7. The second-order valence-corrected chi connectivity index (χ2v) is 4.61. The molecule has 6 heteroatoms. The molecule has 2 unspecified atom stereocenters. The maximum atomic E-state index is 11.2. The first-order chi connectivity index (χ1) is 8.49. The molecule has 2 atom stereocenters. The molecule has 0 aliphatic carbocycles. The normalized spacial score (nSPS) is 14.1. The van der Waals surface area contributed by atoms with Crippen molar-refractivity contribution in [3.05, 3.63) is 33.8 Å². The molecule has 100 valence electrons. The molecule has 0 bridgehead atoms. The molecule has 4 nitrogen and oxygen atoms in total. The van der Waals surface area contributed by atoms with Gasteiger partial charge in [0.25, 0.3) is 0 Å². The number of hydrogen-bond acceptors (Lipinski definition) is 4. The van der Waals surface area contributed by atoms with Crippen LogP contribution in [-0.2, 0) is 9.53 Å². The fourth-order valence-corrected chi connectivity index (χ4v) is 1.87. The Labute approximate surface area is 116 Å². The molecule has 1 aromatic rings. The summed E-state index contributed by atoms with van der Waals surface area (Å²) in [5, 5.41) is 13.8. The first-order valence-electron chi connectivity index (χ1n) is 5.36. The average Bonchev–Trinajstić information content (AvgIpc) is 2.38. The molecule has 0 fully saturated rings. The fraction of sp³-hybridized carbons (Fsp3) is 0.417. The minimum atomic E-state index is -0.871. The van der Waals surface area contributed by atoms with Crippen LogP contribution in [0.15, 0.2) is 18.2 Å². The van der Waals surface area contributed by atoms with Crippen LogP contribution in [0.25, 0.3) is 0 Å². The van der Waals surface area contributed by atoms with Gasteiger partial charge in [0.05, 0.1) is 29.7 Å². The van der Waals surface area contributed by atoms with Crippen LogP contribution in [0.3, 0.4) is 0 Å². The summed E-state index contributed by atoms with van der Waals surface area (Å²) in [6, 6.07) is 4.40. The van der Waals surface area contributed by atoms with Crippen LogP contribution in [0.1, 0.15) is 18.1 Å². The van der Waals surface area contributed by atoms with Crippen molar-refractivity contribution in [2.75, 3.05) is 14.2 Å². The number of methoxy groups -OCH3 is 1. The van der Waals surface area contributed by atoms with E-state index in [0.717, 1.165) is 0 Å². The number of benzene rings is 1. The van der Waals surface area contributed by atoms with Crippen molar-refractivity contribution >= 4 is 29.2 Å². The predicted molar refractivity (Wildman–Crippen MR) is 70.9 cm³/mol. The Balaban J connectivity index is 2.85. The Kier molecular flexibility index (Phi) is 5.88. The fourth-order valence-electron chi connectivity index (χ4n) is 1.56. The number of carbonyl (C=O) groups is 1. The van der Waals surface area contributed by atoms with Crippen molar-refractivity contribution in [3.63, 3.8) is 0 Å². The molecule has 0 heterocycles. The smallest absolute Gasteiger partial charge is 0.307 e. The molecule has 0 spiro atoms. The standard InChI is InChI=1S/C12H15Cl2NO3/c1-15-10(6-11(16)18-2)12(17)7-3-4-8(13)9(14)5-7/h3-5,10,12,15,17H,6H2,1-2H3. The topological polar surface area (TPSA) is 58.6 Å². The van der Waals surface area contributed by atoms with Gasteiger partial charge in [-0.2, -0.15) is 0 Å². The molecule has 18 heavy (non-hydrogen) atoms. The van der Waals surface area contributed by atoms with E-state index < -0.39 is 18.1 Å². The van der Waals surface area contributed by atoms with Crippen molar-refractivity contribution < 1.29 is 14.6 Å². The summed E-state index contributed by atoms with van der Waals surface area (Å²) < 4.78 is 4.57. The zero-order valence-electron chi connectivity index (χ0n) is 10.1. The average molecular weight is 292 g/mol. The van der Waals surface area contributed by atoms with Gasteiger partial charge in [-0.25, -0.2) is 0 Å². The Hall–Kier alpha value is -0.810. The molecule has 2 N–H and O–H groups in total. The number of halogens is 2. The lowest BCUT2D eigenvalue weighted by Crippen LogP contribution is -2.34. The van der Waals surface area contributed by atoms with Crippen LogP contribution in [0.2, 0.25) is 10.0 Å². The van der Waals surface area contributed by atoms with Crippen LogP contribution in [0.5, 0.6) is 0 Å². The van der Waals surface area contributed by atoms with Gasteiger partial charge in [0.1, 0.15) is 0 Å². The van der Waals surface area contributed by atoms with E-state index in [0.29, 0.717) is 15.6 Å². The Morgan fingerprint density at radius 1 is 1.44 bits per heavy atom. The maximum absolute atomic E-state index is 11.2. The van der Waals surface area contributed by atoms with E-state index in [1.807, 2.05) is 0 Å². The van der Waals surface area contributed by atoms with Gasteiger partial charge in [-0.1, -0.05) is 29.3 Å². The van der Waals surface area contributed by atoms with E-state index in [-0.39, 0.29) is 6.42 Å². The lowest BCUT2D eigenvalue weighted by Gasteiger charge is -2.22. The van der Waals surface area contributed by atoms with Gasteiger partial charge in [0.15, 0.2) is 0 Å². The summed E-state index contributed by atoms with van der Waals surface area (Å²) >= 11 is 11.7. The summed E-state index contributed by atoms with van der Waals surface area (Å²) in [7, 11) is 2.97. The molecule has 0 saturated heterocycles. The summed E-state index contributed by atoms with van der Waals surface area (Å²) in [6.45, 7) is 0. The summed E-state index contributed by atoms with van der Waals surface area (Å²) in [6.07, 6.45) is -0.808. The van der Waals surface area contributed by atoms with Gasteiger partial charge in [-0.15, -0.1) is 0 Å². The summed E-state index contributed by atoms with van der Waals surface area (Å²) in [4.78, 5) is 11.2. The SMILES string of the molecule is CNC(CC(=O)OC)C(O)c1ccc(Cl)c(Cl)c1. The predicted octanol–water partition coefficient (Wildman–Crippen LogP) is 2.18. The number of nitrogens with one attached hydrogen (secondary N) is 1. The van der Waals surface area contributed by atoms with Gasteiger partial charge in [0.2, 0.25) is 0 Å². The van der Waals surface area contributed by atoms with Gasteiger partial charge in [-0.3, -0.25) is 4.79 Å². The largest absolute Gasteiger partial charge is 0.469 e. The number of rotatable bonds is 5. The van der Waals surface area contributed by atoms with E-state index in [9.17, 15) is 9.90 Å². The molecule has 0 aliphatic rings. The molecule has 0 aromatic heterocycles. The van der Waals surface area contributed by atoms with Crippen LogP contribution < -0.4 is 5.32 Å². The van der Waals surface area contributed by atoms with Crippen molar-refractivity contribution in [2.45, 2.75) is 18.6 Å². The number of ether oxygens (including phenoxy) is 1. The first-order valence-corrected chi connectivity index (χ1v) is 6.12. The monoisotopic (exact) mass is 291 g/mol. The van der Waals surface area contributed by atoms with E-state index >= 15 is 0 Å². The lowest BCUT2D eigenvalue weighted by atomic mass is 10.00. The van der Waals surface area contributed by atoms with Crippen molar-refractivity contribution in [2.24, 2.45) is 0 Å². The molecule has 0 radical (unpaired) electrons. The van der Waals surface area contributed by atoms with Crippen molar-refractivity contribution in [1.82, 2.24) is 5.32 Å². The van der Waals surface area contributed by atoms with Crippen LogP contribution >= 0.6 is 23.2 Å². The quantitative estimate of drug-likeness (QED) is 0.817. The Morgan fingerprint density at radius 3 is 2.61 bits per heavy atom. The third kappa shape index (κ3) is 3.85. The number of aliphatic hydroxyl groups excluding tert-OH is 1. The highest BCUT2D eigenvalue weighted by Gasteiger charge is 2.23. The van der Waals surface area contributed by atoms with Gasteiger partial charge < -0.3 is 15.2 Å². The minimum Gasteiger partial charge on any atom is -0.469 e. The van der Waals surface area contributed by atoms with Crippen molar-refractivity contribution in [3.8, 4) is 0 Å². The van der Waals surface area contributed by atoms with Crippen LogP contribution in [-0.4, -0.2) is 31.3 Å². The van der Waals surface area contributed by atoms with E-state index in [4.69, 9.17) is 23.2 Å². The number of aliphatic hydroxyl groups is 1. The number of likely N-dealkylation sites (N-methyl/N-ethyl adjacent to an activating group) is 1. The van der Waals surface area contributed by atoms with E-state index in [1.54, 1.807) is 25.2 Å². The Morgan fingerprint density at radius 2 is 2.11 bits per heavy atom. The van der Waals surface area contributed by atoms with Gasteiger partial charge in [-0.05, 0) is 24.7 Å². The van der Waals surface area contributed by atoms with Crippen molar-refractivity contribution in [1.29, 1.82) is 0 Å². The molecular formula is C12H15Cl2NO3. The molecule has 1 aromatic carbocycles. The zero-order valence-corrected chi connectivity index (χ0v) is 11.6. The van der Waals surface area contributed by atoms with Crippen LogP contribution in [0.4, 0.5) is 0 Å². The van der Waals surface area contributed by atoms with E-state index in [2.05, 4.69) is 10.1 Å². The second kappa shape index (κ2) is 6.95. The maximum Gasteiger partial charge on any atom is 0.307 e. The third-order valence-corrected chi connectivity index (χ3v) is 3.39. The minimum absolute atomic E-state index is 0.0639. The van der Waals surface area contributed by atoms with Gasteiger partial charge >= 0.3 is 5.97 Å². The highest BCUT2D eigenvalue weighted by molar-refractivity contribution is 6.42. The molecule has 0 aliphatic heterocycles. The molecule has 0 saturated carbocycles. The number of esters is 1. The van der Waals surface area contributed by atoms with Crippen LogP contribution in [0, 0.1) is 0 Å². The molecule has 0 amide bonds. The van der Waals surface area contributed by atoms with E-state index in [1.165, 1.54) is 7.11 Å². The highest BCUT2D eigenvalue weighted by Crippen LogP contribution is 2.27. The second-order valence-electron chi connectivity index (χ2n) is 3.79. The van der Waals surface area contributed by atoms with Gasteiger partial charge in [0, 0.05) is 6.04 Å². The third-order valence-electron chi connectivity index (χ3n) is 2.65. The number of carbonyl (C=O) groups excluding carboxylic acids is 1. The summed E-state index contributed by atoms with van der Waals surface area (Å²) in [5.41, 5.74) is 0.590. The lowest BCUT2D eigenvalue weighted by molar-refractivity contribution is -0.141. The number of hydrogen-bond donors (Lipinski definition) is 2. The summed E-state index contributed by atoms with van der Waals surface area (Å²) in [5.74, 6) is -0.395. The highest BCUT2D eigenvalue weighted by atomic mass is 35.5. The molecular weight excluding hydrogens is 277 g/mol. The first kappa shape index (κ1) is 15.2. The Bertz CT molecular complexity index is 426.